The maximum atomic E-state index is 12.8. The molecule has 2 aromatic rings. The monoisotopic (exact) mass is 389 g/mol. The first kappa shape index (κ1) is 19.4. The third-order valence-electron chi connectivity index (χ3n) is 4.36. The molecule has 0 unspecified atom stereocenters. The summed E-state index contributed by atoms with van der Waals surface area (Å²) >= 11 is 1.45. The van der Waals surface area contributed by atoms with Gasteiger partial charge in [-0.2, -0.15) is 0 Å². The summed E-state index contributed by atoms with van der Waals surface area (Å²) in [6.45, 7) is 3.35. The van der Waals surface area contributed by atoms with Gasteiger partial charge in [-0.25, -0.2) is 4.79 Å². The van der Waals surface area contributed by atoms with Crippen LogP contribution in [0.15, 0.2) is 24.3 Å². The van der Waals surface area contributed by atoms with Gasteiger partial charge in [0.2, 0.25) is 0 Å². The molecule has 0 saturated heterocycles. The highest BCUT2D eigenvalue weighted by Crippen LogP contribution is 2.39. The molecule has 144 valence electrons. The molecule has 0 aliphatic heterocycles. The van der Waals surface area contributed by atoms with Crippen LogP contribution in [0, 0.1) is 0 Å². The summed E-state index contributed by atoms with van der Waals surface area (Å²) < 4.78 is 15.9. The lowest BCUT2D eigenvalue weighted by molar-refractivity contribution is 0.0601. The van der Waals surface area contributed by atoms with E-state index in [2.05, 4.69) is 5.32 Å². The van der Waals surface area contributed by atoms with Crippen LogP contribution in [0.3, 0.4) is 0 Å². The van der Waals surface area contributed by atoms with E-state index in [1.807, 2.05) is 13.0 Å². The van der Waals surface area contributed by atoms with Gasteiger partial charge in [-0.1, -0.05) is 12.1 Å². The van der Waals surface area contributed by atoms with Crippen LogP contribution in [-0.2, 0) is 22.3 Å². The molecule has 0 spiro atoms. The minimum Gasteiger partial charge on any atom is -0.490 e. The van der Waals surface area contributed by atoms with Gasteiger partial charge in [0.15, 0.2) is 0 Å². The Morgan fingerprint density at radius 2 is 2.00 bits per heavy atom. The molecular formula is C20H23NO5S. The lowest BCUT2D eigenvalue weighted by Crippen LogP contribution is -2.16. The number of methoxy groups -OCH3 is 1. The number of para-hydroxylation sites is 1. The van der Waals surface area contributed by atoms with Gasteiger partial charge in [0, 0.05) is 11.5 Å². The van der Waals surface area contributed by atoms with Crippen LogP contribution in [0.1, 0.15) is 44.5 Å². The average Bonchev–Trinajstić information content (AvgIpc) is 3.25. The number of carbonyl (C=O) groups is 2. The molecule has 0 saturated carbocycles. The van der Waals surface area contributed by atoms with E-state index in [9.17, 15) is 9.59 Å². The van der Waals surface area contributed by atoms with Gasteiger partial charge in [-0.3, -0.25) is 4.79 Å². The third-order valence-corrected chi connectivity index (χ3v) is 5.57. The number of hydrogen-bond donors (Lipinski definition) is 1. The van der Waals surface area contributed by atoms with Crippen LogP contribution < -0.4 is 10.1 Å². The number of anilines is 1. The molecule has 0 radical (unpaired) electrons. The summed E-state index contributed by atoms with van der Waals surface area (Å²) in [4.78, 5) is 26.2. The number of benzene rings is 1. The van der Waals surface area contributed by atoms with Gasteiger partial charge in [0.05, 0.1) is 24.8 Å². The van der Waals surface area contributed by atoms with Crippen molar-refractivity contribution in [1.82, 2.24) is 0 Å². The van der Waals surface area contributed by atoms with Gasteiger partial charge in [0.1, 0.15) is 17.4 Å². The molecule has 1 N–H and O–H groups in total. The van der Waals surface area contributed by atoms with Crippen molar-refractivity contribution in [3.8, 4) is 5.75 Å². The number of amides is 1. The molecule has 0 bridgehead atoms. The number of rotatable bonds is 8. The Balaban J connectivity index is 1.80. The molecule has 1 aromatic heterocycles. The molecule has 6 nitrogen and oxygen atoms in total. The number of nitrogens with one attached hydrogen (secondary N) is 1. The largest absolute Gasteiger partial charge is 0.490 e. The molecule has 1 aliphatic carbocycles. The lowest BCUT2D eigenvalue weighted by Gasteiger charge is -2.12. The van der Waals surface area contributed by atoms with E-state index in [1.54, 1.807) is 18.2 Å². The Morgan fingerprint density at radius 3 is 2.78 bits per heavy atom. The summed E-state index contributed by atoms with van der Waals surface area (Å²) in [6.07, 6.45) is 2.79. The van der Waals surface area contributed by atoms with Crippen molar-refractivity contribution in [3.63, 3.8) is 0 Å². The summed E-state index contributed by atoms with van der Waals surface area (Å²) in [6, 6.07) is 7.03. The topological polar surface area (TPSA) is 73.9 Å². The average molecular weight is 389 g/mol. The number of hydrogen-bond acceptors (Lipinski definition) is 6. The molecule has 1 amide bonds. The van der Waals surface area contributed by atoms with Crippen molar-refractivity contribution in [2.75, 3.05) is 32.2 Å². The van der Waals surface area contributed by atoms with E-state index >= 15 is 0 Å². The van der Waals surface area contributed by atoms with Crippen LogP contribution in [-0.4, -0.2) is 38.8 Å². The van der Waals surface area contributed by atoms with Gasteiger partial charge in [0.25, 0.3) is 5.91 Å². The number of thiophene rings is 1. The number of esters is 1. The molecule has 1 aromatic carbocycles. The zero-order valence-corrected chi connectivity index (χ0v) is 16.3. The molecule has 1 heterocycles. The van der Waals surface area contributed by atoms with Crippen molar-refractivity contribution in [3.05, 3.63) is 45.8 Å². The highest BCUT2D eigenvalue weighted by molar-refractivity contribution is 7.17. The van der Waals surface area contributed by atoms with Crippen LogP contribution in [0.2, 0.25) is 0 Å². The van der Waals surface area contributed by atoms with Crippen LogP contribution >= 0.6 is 11.3 Å². The predicted molar refractivity (Wildman–Crippen MR) is 104 cm³/mol. The molecular weight excluding hydrogens is 366 g/mol. The standard InChI is InChI=1S/C20H23NO5S/c1-3-25-11-12-26-15-9-5-4-7-13(15)18(22)21-19-17(20(23)24-2)14-8-6-10-16(14)27-19/h4-5,7,9H,3,6,8,10-12H2,1-2H3,(H,21,22). The minimum absolute atomic E-state index is 0.313. The van der Waals surface area contributed by atoms with Crippen molar-refractivity contribution < 1.29 is 23.8 Å². The molecule has 0 fully saturated rings. The van der Waals surface area contributed by atoms with Crippen molar-refractivity contribution in [2.45, 2.75) is 26.2 Å². The Labute approximate surface area is 162 Å². The normalized spacial score (nSPS) is 12.5. The Bertz CT molecular complexity index is 830. The van der Waals surface area contributed by atoms with Gasteiger partial charge >= 0.3 is 5.97 Å². The maximum absolute atomic E-state index is 12.8. The Morgan fingerprint density at radius 1 is 1.19 bits per heavy atom. The number of carbonyl (C=O) groups excluding carboxylic acids is 2. The highest BCUT2D eigenvalue weighted by atomic mass is 32.1. The third kappa shape index (κ3) is 4.31. The van der Waals surface area contributed by atoms with Crippen LogP contribution in [0.5, 0.6) is 5.75 Å². The minimum atomic E-state index is -0.411. The van der Waals surface area contributed by atoms with Crippen molar-refractivity contribution >= 4 is 28.2 Å². The molecule has 0 atom stereocenters. The first-order valence-electron chi connectivity index (χ1n) is 8.99. The summed E-state index contributed by atoms with van der Waals surface area (Å²) in [5.41, 5.74) is 1.90. The molecule has 3 rings (SSSR count). The first-order chi connectivity index (χ1) is 13.2. The first-order valence-corrected chi connectivity index (χ1v) is 9.81. The fraction of sp³-hybridized carbons (Fsp3) is 0.400. The number of aryl methyl sites for hydroxylation is 1. The fourth-order valence-corrected chi connectivity index (χ4v) is 4.39. The highest BCUT2D eigenvalue weighted by Gasteiger charge is 2.28. The SMILES string of the molecule is CCOCCOc1ccccc1C(=O)Nc1sc2c(c1C(=O)OC)CCC2. The molecule has 7 heteroatoms. The zero-order valence-electron chi connectivity index (χ0n) is 15.5. The van der Waals surface area contributed by atoms with Crippen molar-refractivity contribution in [2.24, 2.45) is 0 Å². The van der Waals surface area contributed by atoms with E-state index in [0.717, 1.165) is 29.7 Å². The van der Waals surface area contributed by atoms with E-state index in [4.69, 9.17) is 14.2 Å². The van der Waals surface area contributed by atoms with Crippen LogP contribution in [0.25, 0.3) is 0 Å². The molecule has 27 heavy (non-hydrogen) atoms. The van der Waals surface area contributed by atoms with Gasteiger partial charge in [-0.15, -0.1) is 11.3 Å². The second-order valence-electron chi connectivity index (χ2n) is 6.05. The summed E-state index contributed by atoms with van der Waals surface area (Å²) in [5.74, 6) is -0.239. The zero-order chi connectivity index (χ0) is 19.2. The van der Waals surface area contributed by atoms with Crippen LogP contribution in [0.4, 0.5) is 5.00 Å². The second kappa shape index (κ2) is 9.01. The fourth-order valence-electron chi connectivity index (χ4n) is 3.12. The quantitative estimate of drug-likeness (QED) is 0.551. The Hall–Kier alpha value is -2.38. The molecule has 1 aliphatic rings. The second-order valence-corrected chi connectivity index (χ2v) is 7.15. The van der Waals surface area contributed by atoms with Crippen molar-refractivity contribution in [1.29, 1.82) is 0 Å². The lowest BCUT2D eigenvalue weighted by atomic mass is 10.1. The predicted octanol–water partition coefficient (Wildman–Crippen LogP) is 3.69. The van der Waals surface area contributed by atoms with E-state index < -0.39 is 5.97 Å². The van der Waals surface area contributed by atoms with E-state index in [-0.39, 0.29) is 5.91 Å². The summed E-state index contributed by atoms with van der Waals surface area (Å²) in [5, 5.41) is 3.42. The Kier molecular flexibility index (Phi) is 6.47. The smallest absolute Gasteiger partial charge is 0.341 e. The van der Waals surface area contributed by atoms with Gasteiger partial charge < -0.3 is 19.5 Å². The van der Waals surface area contributed by atoms with E-state index in [1.165, 1.54) is 18.4 Å². The summed E-state index contributed by atoms with van der Waals surface area (Å²) in [7, 11) is 1.36. The number of fused-ring (bicyclic) bond motifs is 1. The van der Waals surface area contributed by atoms with E-state index in [0.29, 0.717) is 41.7 Å². The maximum Gasteiger partial charge on any atom is 0.341 e. The number of ether oxygens (including phenoxy) is 3. The van der Waals surface area contributed by atoms with Gasteiger partial charge in [-0.05, 0) is 43.9 Å².